The van der Waals surface area contributed by atoms with Gasteiger partial charge in [-0.05, 0) is 50.8 Å². The first kappa shape index (κ1) is 11.1. The van der Waals surface area contributed by atoms with E-state index in [1.807, 2.05) is 0 Å². The maximum Gasteiger partial charge on any atom is 0.125 e. The predicted octanol–water partition coefficient (Wildman–Crippen LogP) is 3.98. The molecule has 0 atom stereocenters. The topological polar surface area (TPSA) is 17.8 Å². The Morgan fingerprint density at radius 3 is 2.76 bits per heavy atom. The normalized spacial score (nSPS) is 18.3. The van der Waals surface area contributed by atoms with Gasteiger partial charge in [0.25, 0.3) is 0 Å². The summed E-state index contributed by atoms with van der Waals surface area (Å²) in [6.07, 6.45) is 3.77. The van der Waals surface area contributed by atoms with Gasteiger partial charge in [0.2, 0.25) is 0 Å². The van der Waals surface area contributed by atoms with Crippen LogP contribution in [-0.2, 0) is 11.4 Å². The zero-order valence-electron chi connectivity index (χ0n) is 10.3. The minimum absolute atomic E-state index is 0.229. The van der Waals surface area contributed by atoms with Crippen molar-refractivity contribution in [3.63, 3.8) is 0 Å². The number of halogens is 1. The van der Waals surface area contributed by atoms with Crippen LogP contribution in [-0.4, -0.2) is 9.55 Å². The van der Waals surface area contributed by atoms with Crippen molar-refractivity contribution in [2.24, 2.45) is 0 Å². The number of hydrogen-bond donors (Lipinski definition) is 0. The molecule has 1 saturated carbocycles. The maximum absolute atomic E-state index is 6.05. The summed E-state index contributed by atoms with van der Waals surface area (Å²) >= 11 is 6.05. The molecule has 0 spiro atoms. The summed E-state index contributed by atoms with van der Waals surface area (Å²) in [6.45, 7) is 4.44. The SMILES string of the molecule is Cc1ccc2nc(CCl)n(C3(C)CCC3)c2c1. The van der Waals surface area contributed by atoms with Gasteiger partial charge in [-0.1, -0.05) is 6.07 Å². The third kappa shape index (κ3) is 1.58. The lowest BCUT2D eigenvalue weighted by Crippen LogP contribution is -2.38. The molecule has 2 nitrogen and oxygen atoms in total. The van der Waals surface area contributed by atoms with E-state index < -0.39 is 0 Å². The molecule has 0 unspecified atom stereocenters. The Balaban J connectivity index is 2.29. The van der Waals surface area contributed by atoms with Gasteiger partial charge >= 0.3 is 0 Å². The van der Waals surface area contributed by atoms with E-state index in [2.05, 4.69) is 41.6 Å². The van der Waals surface area contributed by atoms with E-state index in [9.17, 15) is 0 Å². The number of aryl methyl sites for hydroxylation is 1. The van der Waals surface area contributed by atoms with Crippen molar-refractivity contribution >= 4 is 22.6 Å². The number of fused-ring (bicyclic) bond motifs is 1. The van der Waals surface area contributed by atoms with Crippen molar-refractivity contribution < 1.29 is 0 Å². The van der Waals surface area contributed by atoms with Gasteiger partial charge in [0, 0.05) is 5.54 Å². The smallest absolute Gasteiger partial charge is 0.125 e. The van der Waals surface area contributed by atoms with Gasteiger partial charge < -0.3 is 4.57 Å². The van der Waals surface area contributed by atoms with Crippen LogP contribution >= 0.6 is 11.6 Å². The molecule has 17 heavy (non-hydrogen) atoms. The number of imidazole rings is 1. The van der Waals surface area contributed by atoms with Gasteiger partial charge in [-0.2, -0.15) is 0 Å². The fourth-order valence-electron chi connectivity index (χ4n) is 2.84. The zero-order valence-corrected chi connectivity index (χ0v) is 11.1. The van der Waals surface area contributed by atoms with Crippen LogP contribution in [0.2, 0.25) is 0 Å². The molecule has 3 heteroatoms. The van der Waals surface area contributed by atoms with E-state index in [1.54, 1.807) is 0 Å². The van der Waals surface area contributed by atoms with E-state index in [4.69, 9.17) is 11.6 Å². The van der Waals surface area contributed by atoms with Crippen molar-refractivity contribution in [3.05, 3.63) is 29.6 Å². The van der Waals surface area contributed by atoms with Crippen LogP contribution < -0.4 is 0 Å². The average Bonchev–Trinajstić information content (AvgIpc) is 2.64. The van der Waals surface area contributed by atoms with Crippen LogP contribution in [0, 0.1) is 6.92 Å². The zero-order chi connectivity index (χ0) is 12.0. The predicted molar refractivity (Wildman–Crippen MR) is 71.5 cm³/mol. The molecule has 1 heterocycles. The molecule has 0 aliphatic heterocycles. The summed E-state index contributed by atoms with van der Waals surface area (Å²) in [5.41, 5.74) is 3.82. The fraction of sp³-hybridized carbons (Fsp3) is 0.500. The van der Waals surface area contributed by atoms with Gasteiger partial charge in [0.1, 0.15) is 5.82 Å². The highest BCUT2D eigenvalue weighted by molar-refractivity contribution is 6.16. The molecule has 2 aromatic rings. The molecule has 1 fully saturated rings. The standard InChI is InChI=1S/C14H17ClN2/c1-10-4-5-11-12(8-10)17(13(9-15)16-11)14(2)6-3-7-14/h4-5,8H,3,6-7,9H2,1-2H3. The number of alkyl halides is 1. The van der Waals surface area contributed by atoms with Gasteiger partial charge in [-0.25, -0.2) is 4.98 Å². The Bertz CT molecular complexity index is 567. The molecule has 0 saturated heterocycles. The minimum Gasteiger partial charge on any atom is -0.321 e. The van der Waals surface area contributed by atoms with Gasteiger partial charge in [-0.3, -0.25) is 0 Å². The van der Waals surface area contributed by atoms with Crippen molar-refractivity contribution in [3.8, 4) is 0 Å². The van der Waals surface area contributed by atoms with Gasteiger partial charge in [0.05, 0.1) is 16.9 Å². The van der Waals surface area contributed by atoms with Crippen LogP contribution in [0.15, 0.2) is 18.2 Å². The lowest BCUT2D eigenvalue weighted by molar-refractivity contribution is 0.171. The quantitative estimate of drug-likeness (QED) is 0.735. The monoisotopic (exact) mass is 248 g/mol. The van der Waals surface area contributed by atoms with Gasteiger partial charge in [0.15, 0.2) is 0 Å². The van der Waals surface area contributed by atoms with Crippen molar-refractivity contribution in [1.82, 2.24) is 9.55 Å². The Morgan fingerprint density at radius 2 is 2.18 bits per heavy atom. The molecular weight excluding hydrogens is 232 g/mol. The number of benzene rings is 1. The van der Waals surface area contributed by atoms with Crippen molar-refractivity contribution in [2.45, 2.75) is 44.5 Å². The third-order valence-corrected chi connectivity index (χ3v) is 4.21. The Labute approximate surface area is 107 Å². The number of nitrogens with zero attached hydrogens (tertiary/aromatic N) is 2. The Hall–Kier alpha value is -1.02. The highest BCUT2D eigenvalue weighted by Crippen LogP contribution is 2.41. The summed E-state index contributed by atoms with van der Waals surface area (Å²) in [7, 11) is 0. The molecule has 1 aromatic heterocycles. The molecular formula is C14H17ClN2. The van der Waals surface area contributed by atoms with Crippen LogP contribution in [0.5, 0.6) is 0 Å². The van der Waals surface area contributed by atoms with Crippen LogP contribution in [0.25, 0.3) is 11.0 Å². The fourth-order valence-corrected chi connectivity index (χ4v) is 3.02. The molecule has 0 N–H and O–H groups in total. The second-order valence-electron chi connectivity index (χ2n) is 5.34. The first-order valence-electron chi connectivity index (χ1n) is 6.18. The van der Waals surface area contributed by atoms with Gasteiger partial charge in [-0.15, -0.1) is 11.6 Å². The first-order chi connectivity index (χ1) is 8.14. The number of aromatic nitrogens is 2. The molecule has 1 aromatic carbocycles. The highest BCUT2D eigenvalue weighted by atomic mass is 35.5. The molecule has 1 aliphatic carbocycles. The number of rotatable bonds is 2. The van der Waals surface area contributed by atoms with E-state index in [-0.39, 0.29) is 5.54 Å². The second kappa shape index (κ2) is 3.74. The first-order valence-corrected chi connectivity index (χ1v) is 6.72. The molecule has 90 valence electrons. The summed E-state index contributed by atoms with van der Waals surface area (Å²) < 4.78 is 2.37. The van der Waals surface area contributed by atoms with E-state index >= 15 is 0 Å². The van der Waals surface area contributed by atoms with E-state index in [0.29, 0.717) is 5.88 Å². The van der Waals surface area contributed by atoms with E-state index in [0.717, 1.165) is 11.3 Å². The lowest BCUT2D eigenvalue weighted by Gasteiger charge is -2.41. The summed E-state index contributed by atoms with van der Waals surface area (Å²) in [4.78, 5) is 4.65. The van der Waals surface area contributed by atoms with Crippen LogP contribution in [0.3, 0.4) is 0 Å². The second-order valence-corrected chi connectivity index (χ2v) is 5.61. The molecule has 0 radical (unpaired) electrons. The minimum atomic E-state index is 0.229. The van der Waals surface area contributed by atoms with E-state index in [1.165, 1.54) is 30.3 Å². The molecule has 0 amide bonds. The third-order valence-electron chi connectivity index (χ3n) is 3.97. The molecule has 0 bridgehead atoms. The maximum atomic E-state index is 6.05. The van der Waals surface area contributed by atoms with Crippen LogP contribution in [0.4, 0.5) is 0 Å². The van der Waals surface area contributed by atoms with Crippen molar-refractivity contribution in [2.75, 3.05) is 0 Å². The summed E-state index contributed by atoms with van der Waals surface area (Å²) in [5.74, 6) is 1.50. The number of hydrogen-bond acceptors (Lipinski definition) is 1. The largest absolute Gasteiger partial charge is 0.321 e. The van der Waals surface area contributed by atoms with Crippen molar-refractivity contribution in [1.29, 1.82) is 0 Å². The highest BCUT2D eigenvalue weighted by Gasteiger charge is 2.36. The lowest BCUT2D eigenvalue weighted by atomic mass is 9.78. The summed E-state index contributed by atoms with van der Waals surface area (Å²) in [5, 5.41) is 0. The average molecular weight is 249 g/mol. The molecule has 1 aliphatic rings. The Morgan fingerprint density at radius 1 is 1.41 bits per heavy atom. The molecule has 3 rings (SSSR count). The summed E-state index contributed by atoms with van der Waals surface area (Å²) in [6, 6.07) is 6.43. The van der Waals surface area contributed by atoms with Crippen LogP contribution in [0.1, 0.15) is 37.6 Å². The Kier molecular flexibility index (Phi) is 2.44.